The van der Waals surface area contributed by atoms with Crippen LogP contribution in [-0.4, -0.2) is 27.8 Å². The predicted octanol–water partition coefficient (Wildman–Crippen LogP) is 4.19. The van der Waals surface area contributed by atoms with E-state index in [1.807, 2.05) is 6.92 Å². The molecule has 136 valence electrons. The van der Waals surface area contributed by atoms with E-state index >= 15 is 0 Å². The summed E-state index contributed by atoms with van der Waals surface area (Å²) in [5.41, 5.74) is 1.48. The van der Waals surface area contributed by atoms with E-state index in [1.54, 1.807) is 49.6 Å². The van der Waals surface area contributed by atoms with Crippen molar-refractivity contribution in [2.24, 2.45) is 0 Å². The number of ether oxygens (including phenoxy) is 1. The molecule has 0 atom stereocenters. The fraction of sp³-hybridized carbons (Fsp3) is 0.105. The van der Waals surface area contributed by atoms with Crippen LogP contribution >= 0.6 is 11.3 Å². The molecular formula is C19H15FN4O2S. The zero-order chi connectivity index (χ0) is 19.0. The van der Waals surface area contributed by atoms with E-state index in [4.69, 9.17) is 4.74 Å². The van der Waals surface area contributed by atoms with E-state index in [1.165, 1.54) is 22.1 Å². The van der Waals surface area contributed by atoms with E-state index in [2.05, 4.69) is 15.4 Å². The molecule has 1 amide bonds. The second-order valence-electron chi connectivity index (χ2n) is 5.85. The van der Waals surface area contributed by atoms with Gasteiger partial charge in [-0.15, -0.1) is 0 Å². The molecule has 0 bridgehead atoms. The molecule has 0 fully saturated rings. The summed E-state index contributed by atoms with van der Waals surface area (Å²) < 4.78 is 21.3. The predicted molar refractivity (Wildman–Crippen MR) is 102 cm³/mol. The van der Waals surface area contributed by atoms with Crippen LogP contribution in [0, 0.1) is 12.7 Å². The average molecular weight is 382 g/mol. The van der Waals surface area contributed by atoms with Gasteiger partial charge in [0, 0.05) is 11.6 Å². The number of methoxy groups -OCH3 is 1. The molecule has 4 rings (SSSR count). The van der Waals surface area contributed by atoms with Crippen LogP contribution in [0.2, 0.25) is 0 Å². The van der Waals surface area contributed by atoms with Gasteiger partial charge in [-0.3, -0.25) is 4.79 Å². The van der Waals surface area contributed by atoms with Crippen molar-refractivity contribution < 1.29 is 13.9 Å². The number of halogens is 1. The van der Waals surface area contributed by atoms with Crippen LogP contribution in [0.1, 0.15) is 16.1 Å². The molecule has 0 aliphatic carbocycles. The number of nitrogens with one attached hydrogen (secondary N) is 1. The van der Waals surface area contributed by atoms with Gasteiger partial charge in [-0.25, -0.2) is 9.37 Å². The molecule has 8 heteroatoms. The lowest BCUT2D eigenvalue weighted by Gasteiger charge is -2.07. The number of hydrogen-bond donors (Lipinski definition) is 1. The van der Waals surface area contributed by atoms with E-state index in [9.17, 15) is 9.18 Å². The van der Waals surface area contributed by atoms with Crippen LogP contribution < -0.4 is 10.1 Å². The van der Waals surface area contributed by atoms with Crippen molar-refractivity contribution >= 4 is 33.3 Å². The highest BCUT2D eigenvalue weighted by Crippen LogP contribution is 2.28. The number of para-hydroxylation sites is 1. The molecule has 0 saturated carbocycles. The molecule has 0 aliphatic rings. The Bertz CT molecular complexity index is 1130. The van der Waals surface area contributed by atoms with Crippen molar-refractivity contribution in [2.45, 2.75) is 6.92 Å². The van der Waals surface area contributed by atoms with Gasteiger partial charge in [-0.05, 0) is 43.3 Å². The first kappa shape index (κ1) is 17.2. The van der Waals surface area contributed by atoms with Gasteiger partial charge in [-0.1, -0.05) is 17.4 Å². The largest absolute Gasteiger partial charge is 0.497 e. The van der Waals surface area contributed by atoms with Crippen molar-refractivity contribution in [3.63, 3.8) is 0 Å². The second-order valence-corrected chi connectivity index (χ2v) is 6.86. The molecule has 6 nitrogen and oxygen atoms in total. The molecule has 0 saturated heterocycles. The Balaban J connectivity index is 1.67. The Labute approximate surface area is 158 Å². The number of fused-ring (bicyclic) bond motifs is 1. The third-order valence-electron chi connectivity index (χ3n) is 3.96. The van der Waals surface area contributed by atoms with Gasteiger partial charge in [0.05, 0.1) is 17.5 Å². The molecule has 27 heavy (non-hydrogen) atoms. The maximum Gasteiger partial charge on any atom is 0.256 e. The highest BCUT2D eigenvalue weighted by atomic mass is 32.1. The van der Waals surface area contributed by atoms with Gasteiger partial charge < -0.3 is 10.1 Å². The van der Waals surface area contributed by atoms with Gasteiger partial charge in [0.1, 0.15) is 22.9 Å². The first-order valence-electron chi connectivity index (χ1n) is 8.12. The summed E-state index contributed by atoms with van der Waals surface area (Å²) >= 11 is 1.30. The van der Waals surface area contributed by atoms with E-state index in [-0.39, 0.29) is 17.2 Å². The summed E-state index contributed by atoms with van der Waals surface area (Å²) in [7, 11) is 1.57. The Morgan fingerprint density at radius 2 is 2.00 bits per heavy atom. The molecule has 2 aromatic heterocycles. The topological polar surface area (TPSA) is 69.0 Å². The summed E-state index contributed by atoms with van der Waals surface area (Å²) in [6.45, 7) is 1.81. The number of thiazole rings is 1. The normalized spacial score (nSPS) is 10.9. The zero-order valence-corrected chi connectivity index (χ0v) is 15.4. The van der Waals surface area contributed by atoms with Crippen molar-refractivity contribution in [1.29, 1.82) is 0 Å². The van der Waals surface area contributed by atoms with Gasteiger partial charge in [0.2, 0.25) is 5.13 Å². The third kappa shape index (κ3) is 3.26. The number of aryl methyl sites for hydroxylation is 1. The maximum absolute atomic E-state index is 13.9. The van der Waals surface area contributed by atoms with Crippen LogP contribution in [0.5, 0.6) is 5.75 Å². The van der Waals surface area contributed by atoms with Crippen molar-refractivity contribution in [1.82, 2.24) is 14.8 Å². The van der Waals surface area contributed by atoms with Crippen LogP contribution in [0.25, 0.3) is 15.3 Å². The molecule has 2 aromatic carbocycles. The number of aromatic nitrogens is 3. The molecule has 0 spiro atoms. The Kier molecular flexibility index (Phi) is 4.33. The first-order chi connectivity index (χ1) is 13.0. The molecular weight excluding hydrogens is 367 g/mol. The number of hydrogen-bond acceptors (Lipinski definition) is 5. The summed E-state index contributed by atoms with van der Waals surface area (Å²) in [5, 5.41) is 7.70. The monoisotopic (exact) mass is 382 g/mol. The van der Waals surface area contributed by atoms with Crippen molar-refractivity contribution in [3.8, 4) is 10.9 Å². The lowest BCUT2D eigenvalue weighted by molar-refractivity contribution is 0.102. The minimum Gasteiger partial charge on any atom is -0.497 e. The maximum atomic E-state index is 13.9. The minimum atomic E-state index is -0.386. The van der Waals surface area contributed by atoms with Gasteiger partial charge in [0.25, 0.3) is 5.91 Å². The molecule has 1 N–H and O–H groups in total. The number of rotatable bonds is 4. The highest BCUT2D eigenvalue weighted by Gasteiger charge is 2.16. The van der Waals surface area contributed by atoms with Crippen LogP contribution in [-0.2, 0) is 0 Å². The molecule has 2 heterocycles. The fourth-order valence-electron chi connectivity index (χ4n) is 2.66. The fourth-order valence-corrected chi connectivity index (χ4v) is 3.60. The SMILES string of the molecule is COc1ccc(C(=O)Nc2cc(C)nn2-c2nc3c(F)cccc3s2)cc1. The lowest BCUT2D eigenvalue weighted by Crippen LogP contribution is -2.15. The minimum absolute atomic E-state index is 0.286. The standard InChI is InChI=1S/C19H15FN4O2S/c1-11-10-16(21-18(25)12-6-8-13(26-2)9-7-12)24(23-11)19-22-17-14(20)4-3-5-15(17)27-19/h3-10H,1-2H3,(H,21,25). The van der Waals surface area contributed by atoms with Crippen LogP contribution in [0.15, 0.2) is 48.5 Å². The second kappa shape index (κ2) is 6.81. The highest BCUT2D eigenvalue weighted by molar-refractivity contribution is 7.20. The van der Waals surface area contributed by atoms with Gasteiger partial charge in [0.15, 0.2) is 0 Å². The molecule has 4 aromatic rings. The van der Waals surface area contributed by atoms with E-state index in [0.717, 1.165) is 0 Å². The molecule has 0 unspecified atom stereocenters. The number of benzene rings is 2. The van der Waals surface area contributed by atoms with Gasteiger partial charge in [-0.2, -0.15) is 9.78 Å². The summed E-state index contributed by atoms with van der Waals surface area (Å²) in [6.07, 6.45) is 0. The smallest absolute Gasteiger partial charge is 0.256 e. The number of amides is 1. The van der Waals surface area contributed by atoms with Crippen LogP contribution in [0.3, 0.4) is 0 Å². The lowest BCUT2D eigenvalue weighted by atomic mass is 10.2. The van der Waals surface area contributed by atoms with Gasteiger partial charge >= 0.3 is 0 Å². The van der Waals surface area contributed by atoms with E-state index in [0.29, 0.717) is 32.7 Å². The Hall–Kier alpha value is -3.26. The number of anilines is 1. The van der Waals surface area contributed by atoms with E-state index < -0.39 is 0 Å². The number of nitrogens with zero attached hydrogens (tertiary/aromatic N) is 3. The Morgan fingerprint density at radius 3 is 2.70 bits per heavy atom. The van der Waals surface area contributed by atoms with Crippen LogP contribution in [0.4, 0.5) is 10.2 Å². The number of carbonyl (C=O) groups excluding carboxylic acids is 1. The third-order valence-corrected chi connectivity index (χ3v) is 4.96. The summed E-state index contributed by atoms with van der Waals surface area (Å²) in [4.78, 5) is 16.9. The Morgan fingerprint density at radius 1 is 1.22 bits per heavy atom. The quantitative estimate of drug-likeness (QED) is 0.575. The molecule has 0 radical (unpaired) electrons. The van der Waals surface area contributed by atoms with Crippen molar-refractivity contribution in [3.05, 3.63) is 65.6 Å². The number of carbonyl (C=O) groups is 1. The summed E-state index contributed by atoms with van der Waals surface area (Å²) in [5.74, 6) is 0.463. The zero-order valence-electron chi connectivity index (χ0n) is 14.6. The average Bonchev–Trinajstić information content (AvgIpc) is 3.26. The first-order valence-corrected chi connectivity index (χ1v) is 8.94. The summed E-state index contributed by atoms with van der Waals surface area (Å²) in [6, 6.07) is 13.3. The molecule has 0 aliphatic heterocycles. The van der Waals surface area contributed by atoms with Crippen molar-refractivity contribution in [2.75, 3.05) is 12.4 Å².